The maximum Gasteiger partial charge on any atom is 0.351 e. The summed E-state index contributed by atoms with van der Waals surface area (Å²) in [6.45, 7) is 13.7. The molecule has 3 atom stereocenters. The van der Waals surface area contributed by atoms with Gasteiger partial charge in [-0.25, -0.2) is 4.79 Å². The smallest absolute Gasteiger partial charge is 0.351 e. The molecule has 1 aromatic rings. The number of esters is 2. The SMILES string of the molecule is CC(=O)O[C@@]12C[C@@H](OC1=O)/C(=C/CCOS(=O)(=O)c1ccc(C)cc1)[C@H](O[Si](C)(C)C(C)(C)C)C2. The van der Waals surface area contributed by atoms with Crippen LogP contribution in [0.15, 0.2) is 40.8 Å². The van der Waals surface area contributed by atoms with Crippen LogP contribution in [0.5, 0.6) is 0 Å². The third kappa shape index (κ3) is 6.04. The van der Waals surface area contributed by atoms with Crippen LogP contribution < -0.4 is 0 Å². The first kappa shape index (κ1) is 27.6. The van der Waals surface area contributed by atoms with Crippen LogP contribution in [0.3, 0.4) is 0 Å². The van der Waals surface area contributed by atoms with Crippen molar-refractivity contribution in [3.63, 3.8) is 0 Å². The topological polar surface area (TPSA) is 105 Å². The third-order valence-corrected chi connectivity index (χ3v) is 12.8. The summed E-state index contributed by atoms with van der Waals surface area (Å²) in [6.07, 6.45) is 1.42. The predicted octanol–water partition coefficient (Wildman–Crippen LogP) is 4.43. The van der Waals surface area contributed by atoms with Gasteiger partial charge in [-0.05, 0) is 49.2 Å². The number of carbonyl (C=O) groups is 2. The lowest BCUT2D eigenvalue weighted by Gasteiger charge is -2.43. The van der Waals surface area contributed by atoms with Crippen molar-refractivity contribution in [2.24, 2.45) is 0 Å². The molecule has 1 saturated carbocycles. The Labute approximate surface area is 209 Å². The molecule has 35 heavy (non-hydrogen) atoms. The molecule has 1 heterocycles. The monoisotopic (exact) mass is 524 g/mol. The molecular formula is C25H36O8SSi. The minimum atomic E-state index is -3.88. The lowest BCUT2D eigenvalue weighted by atomic mass is 9.80. The maximum atomic E-state index is 12.7. The fourth-order valence-corrected chi connectivity index (χ4v) is 6.31. The summed E-state index contributed by atoms with van der Waals surface area (Å²) in [4.78, 5) is 24.6. The van der Waals surface area contributed by atoms with Crippen LogP contribution in [0.4, 0.5) is 0 Å². The first-order valence-electron chi connectivity index (χ1n) is 11.8. The molecule has 1 saturated heterocycles. The van der Waals surface area contributed by atoms with Crippen molar-refractivity contribution in [3.05, 3.63) is 41.5 Å². The zero-order valence-electron chi connectivity index (χ0n) is 21.5. The number of hydrogen-bond donors (Lipinski definition) is 0. The number of carbonyl (C=O) groups excluding carboxylic acids is 2. The summed E-state index contributed by atoms with van der Waals surface area (Å²) in [6, 6.07) is 6.46. The van der Waals surface area contributed by atoms with Gasteiger partial charge in [0.2, 0.25) is 5.60 Å². The summed E-state index contributed by atoms with van der Waals surface area (Å²) in [5.41, 5.74) is 0.362. The number of benzene rings is 1. The zero-order chi connectivity index (χ0) is 26.2. The molecule has 3 rings (SSSR count). The number of fused-ring (bicyclic) bond motifs is 2. The molecule has 1 aromatic carbocycles. The van der Waals surface area contributed by atoms with Crippen molar-refractivity contribution in [2.75, 3.05) is 6.61 Å². The third-order valence-electron chi connectivity index (χ3n) is 7.02. The van der Waals surface area contributed by atoms with E-state index in [1.807, 2.05) is 13.0 Å². The minimum absolute atomic E-state index is 0.0672. The maximum absolute atomic E-state index is 12.7. The molecule has 1 aliphatic carbocycles. The highest BCUT2D eigenvalue weighted by Gasteiger charge is 2.60. The Bertz CT molecular complexity index is 1100. The predicted molar refractivity (Wildman–Crippen MR) is 133 cm³/mol. The second kappa shape index (κ2) is 9.80. The zero-order valence-corrected chi connectivity index (χ0v) is 23.4. The molecule has 0 N–H and O–H groups in total. The fraction of sp³-hybridized carbons (Fsp3) is 0.600. The van der Waals surface area contributed by atoms with Gasteiger partial charge in [0.15, 0.2) is 8.32 Å². The molecule has 0 radical (unpaired) electrons. The number of aryl methyl sites for hydroxylation is 1. The minimum Gasteiger partial charge on any atom is -0.455 e. The Hall–Kier alpha value is -2.01. The van der Waals surface area contributed by atoms with Crippen molar-refractivity contribution < 1.29 is 36.1 Å². The van der Waals surface area contributed by atoms with E-state index in [-0.39, 0.29) is 35.8 Å². The lowest BCUT2D eigenvalue weighted by molar-refractivity contribution is -0.172. The van der Waals surface area contributed by atoms with Gasteiger partial charge in [-0.2, -0.15) is 8.42 Å². The molecule has 2 fully saturated rings. The Morgan fingerprint density at radius 3 is 2.40 bits per heavy atom. The highest BCUT2D eigenvalue weighted by atomic mass is 32.2. The molecule has 2 aliphatic rings. The van der Waals surface area contributed by atoms with E-state index in [1.54, 1.807) is 12.1 Å². The first-order chi connectivity index (χ1) is 16.1. The van der Waals surface area contributed by atoms with Crippen molar-refractivity contribution in [3.8, 4) is 0 Å². The van der Waals surface area contributed by atoms with Gasteiger partial charge in [-0.1, -0.05) is 44.5 Å². The van der Waals surface area contributed by atoms with Crippen LogP contribution in [0.25, 0.3) is 0 Å². The van der Waals surface area contributed by atoms with Crippen LogP contribution >= 0.6 is 0 Å². The second-order valence-corrected chi connectivity index (χ2v) is 17.2. The van der Waals surface area contributed by atoms with Crippen LogP contribution in [0.1, 0.15) is 52.5 Å². The van der Waals surface area contributed by atoms with Crippen molar-refractivity contribution in [1.82, 2.24) is 0 Å². The van der Waals surface area contributed by atoms with Crippen LogP contribution in [0.2, 0.25) is 18.1 Å². The molecule has 10 heteroatoms. The highest BCUT2D eigenvalue weighted by Crippen LogP contribution is 2.47. The van der Waals surface area contributed by atoms with E-state index in [0.29, 0.717) is 0 Å². The first-order valence-corrected chi connectivity index (χ1v) is 16.1. The van der Waals surface area contributed by atoms with Crippen LogP contribution in [-0.4, -0.2) is 53.1 Å². The van der Waals surface area contributed by atoms with Gasteiger partial charge in [0, 0.05) is 19.8 Å². The standard InChI is InChI=1S/C25H36O8SSi/c1-17-10-12-19(13-11-17)34(28,29)30-14-8-9-20-21-15-25(23(27)31-21,32-18(2)26)16-22(20)33-35(6,7)24(3,4)5/h9-13,21-22H,8,14-16H2,1-7H3/b20-9-/t21-,22-,25-/m1/s1. The number of rotatable bonds is 8. The molecule has 1 aliphatic heterocycles. The fourth-order valence-electron chi connectivity index (χ4n) is 4.10. The van der Waals surface area contributed by atoms with E-state index in [0.717, 1.165) is 11.1 Å². The van der Waals surface area contributed by atoms with E-state index in [1.165, 1.54) is 19.1 Å². The van der Waals surface area contributed by atoms with Gasteiger partial charge in [-0.3, -0.25) is 8.98 Å². The molecule has 0 aromatic heterocycles. The van der Waals surface area contributed by atoms with Crippen molar-refractivity contribution >= 4 is 30.4 Å². The number of hydrogen-bond acceptors (Lipinski definition) is 8. The largest absolute Gasteiger partial charge is 0.455 e. The molecule has 194 valence electrons. The summed E-state index contributed by atoms with van der Waals surface area (Å²) in [5, 5.41) is -0.0840. The normalized spacial score (nSPS) is 26.0. The molecule has 0 spiro atoms. The van der Waals surface area contributed by atoms with E-state index < -0.39 is 48.2 Å². The Kier molecular flexibility index (Phi) is 7.72. The Balaban J connectivity index is 1.80. The van der Waals surface area contributed by atoms with Gasteiger partial charge in [0.1, 0.15) is 6.10 Å². The highest BCUT2D eigenvalue weighted by molar-refractivity contribution is 7.86. The molecule has 0 amide bonds. The van der Waals surface area contributed by atoms with Crippen molar-refractivity contribution in [2.45, 2.75) is 94.7 Å². The average Bonchev–Trinajstić information content (AvgIpc) is 2.96. The summed E-state index contributed by atoms with van der Waals surface area (Å²) in [5.74, 6) is -1.11. The summed E-state index contributed by atoms with van der Waals surface area (Å²) >= 11 is 0. The molecule has 0 unspecified atom stereocenters. The Morgan fingerprint density at radius 1 is 1.20 bits per heavy atom. The lowest BCUT2D eigenvalue weighted by Crippen LogP contribution is -2.51. The quantitative estimate of drug-likeness (QED) is 0.162. The summed E-state index contributed by atoms with van der Waals surface area (Å²) in [7, 11) is -6.14. The van der Waals surface area contributed by atoms with E-state index >= 15 is 0 Å². The van der Waals surface area contributed by atoms with Crippen LogP contribution in [0, 0.1) is 6.92 Å². The van der Waals surface area contributed by atoms with E-state index in [9.17, 15) is 18.0 Å². The Morgan fingerprint density at radius 2 is 1.83 bits per heavy atom. The van der Waals surface area contributed by atoms with Gasteiger partial charge < -0.3 is 13.9 Å². The van der Waals surface area contributed by atoms with Crippen LogP contribution in [-0.2, 0) is 37.8 Å². The van der Waals surface area contributed by atoms with E-state index in [2.05, 4.69) is 33.9 Å². The second-order valence-electron chi connectivity index (χ2n) is 10.8. The average molecular weight is 525 g/mol. The van der Waals surface area contributed by atoms with E-state index in [4.69, 9.17) is 18.1 Å². The van der Waals surface area contributed by atoms with Gasteiger partial charge in [-0.15, -0.1) is 0 Å². The summed E-state index contributed by atoms with van der Waals surface area (Å²) < 4.78 is 48.0. The molecule has 2 bridgehead atoms. The van der Waals surface area contributed by atoms with Crippen molar-refractivity contribution in [1.29, 1.82) is 0 Å². The van der Waals surface area contributed by atoms with Gasteiger partial charge >= 0.3 is 11.9 Å². The number of ether oxygens (including phenoxy) is 2. The van der Waals surface area contributed by atoms with Gasteiger partial charge in [0.25, 0.3) is 10.1 Å². The molecular weight excluding hydrogens is 488 g/mol. The van der Waals surface area contributed by atoms with Gasteiger partial charge in [0.05, 0.1) is 17.6 Å². The molecule has 8 nitrogen and oxygen atoms in total.